The number of hydrogen-bond donors (Lipinski definition) is 1. The third-order valence-corrected chi connectivity index (χ3v) is 6.31. The Bertz CT molecular complexity index is 1490. The Balaban J connectivity index is 1.42. The molecule has 0 aromatic heterocycles. The third-order valence-electron chi connectivity index (χ3n) is 5.54. The van der Waals surface area contributed by atoms with Crippen LogP contribution < -0.4 is 14.8 Å². The van der Waals surface area contributed by atoms with Gasteiger partial charge in [0.05, 0.1) is 0 Å². The summed E-state index contributed by atoms with van der Waals surface area (Å²) in [6, 6.07) is 29.9. The molecular formula is C31H24BrClN2O3. The lowest BCUT2D eigenvalue weighted by Crippen LogP contribution is -2.13. The average Bonchev–Trinajstić information content (AvgIpc) is 2.91. The van der Waals surface area contributed by atoms with Gasteiger partial charge in [-0.2, -0.15) is 5.26 Å². The maximum absolute atomic E-state index is 12.9. The number of amides is 1. The van der Waals surface area contributed by atoms with Crippen molar-refractivity contribution >= 4 is 45.2 Å². The van der Waals surface area contributed by atoms with Gasteiger partial charge in [0.15, 0.2) is 0 Å². The summed E-state index contributed by atoms with van der Waals surface area (Å²) in [6.45, 7) is 2.78. The first-order chi connectivity index (χ1) is 18.4. The number of hydrogen-bond acceptors (Lipinski definition) is 4. The minimum atomic E-state index is -0.541. The number of benzene rings is 4. The molecule has 0 aliphatic heterocycles. The number of anilines is 1. The molecule has 0 atom stereocenters. The quantitative estimate of drug-likeness (QED) is 0.159. The zero-order valence-corrected chi connectivity index (χ0v) is 22.9. The Labute approximate surface area is 235 Å². The fraction of sp³-hybridized carbons (Fsp3) is 0.0968. The van der Waals surface area contributed by atoms with E-state index in [2.05, 4.69) is 21.2 Å². The predicted octanol–water partition coefficient (Wildman–Crippen LogP) is 8.11. The second-order valence-corrected chi connectivity index (χ2v) is 9.88. The summed E-state index contributed by atoms with van der Waals surface area (Å²) in [6.07, 6.45) is 1.47. The maximum atomic E-state index is 12.9. The minimum Gasteiger partial charge on any atom is -0.489 e. The number of carbonyl (C=O) groups is 1. The molecule has 4 rings (SSSR count). The summed E-state index contributed by atoms with van der Waals surface area (Å²) < 4.78 is 12.8. The van der Waals surface area contributed by atoms with Crippen molar-refractivity contribution in [2.45, 2.75) is 20.1 Å². The molecule has 0 aliphatic carbocycles. The molecule has 0 aliphatic rings. The largest absolute Gasteiger partial charge is 0.489 e. The molecular weight excluding hydrogens is 564 g/mol. The van der Waals surface area contributed by atoms with Gasteiger partial charge in [-0.3, -0.25) is 4.79 Å². The molecule has 5 nitrogen and oxygen atoms in total. The Morgan fingerprint density at radius 1 is 0.947 bits per heavy atom. The molecule has 190 valence electrons. The SMILES string of the molecule is Cc1cccc(COc2ccc(Cl)cc2/C=C(\C#N)C(=O)Nc2ccc(OCc3ccc(Br)cc3)cc2)c1. The third kappa shape index (κ3) is 7.72. The standard InChI is InChI=1S/C31H24BrClN2O3/c1-21-3-2-4-23(15-21)20-38-30-14-9-27(33)17-24(30)16-25(18-34)31(36)35-28-10-12-29(13-11-28)37-19-22-5-7-26(32)8-6-22/h2-17H,19-20H2,1H3,(H,35,36)/b25-16+. The van der Waals surface area contributed by atoms with Crippen LogP contribution in [0.1, 0.15) is 22.3 Å². The van der Waals surface area contributed by atoms with Gasteiger partial charge in [-0.1, -0.05) is 69.5 Å². The lowest BCUT2D eigenvalue weighted by atomic mass is 10.1. The van der Waals surface area contributed by atoms with Crippen molar-refractivity contribution in [3.8, 4) is 17.6 Å². The minimum absolute atomic E-state index is 0.0803. The van der Waals surface area contributed by atoms with Gasteiger partial charge in [0.25, 0.3) is 5.91 Å². The first-order valence-corrected chi connectivity index (χ1v) is 12.9. The van der Waals surface area contributed by atoms with Gasteiger partial charge >= 0.3 is 0 Å². The molecule has 1 amide bonds. The number of nitriles is 1. The molecule has 7 heteroatoms. The summed E-state index contributed by atoms with van der Waals surface area (Å²) >= 11 is 9.61. The normalized spacial score (nSPS) is 10.9. The van der Waals surface area contributed by atoms with Gasteiger partial charge in [0.1, 0.15) is 36.4 Å². The summed E-state index contributed by atoms with van der Waals surface area (Å²) in [5.74, 6) is 0.640. The van der Waals surface area contributed by atoms with Gasteiger partial charge in [-0.05, 0) is 78.7 Å². The molecule has 0 heterocycles. The zero-order chi connectivity index (χ0) is 26.9. The van der Waals surface area contributed by atoms with Crippen molar-refractivity contribution < 1.29 is 14.3 Å². The number of carbonyl (C=O) groups excluding carboxylic acids is 1. The number of nitrogens with zero attached hydrogens (tertiary/aromatic N) is 1. The number of nitrogens with one attached hydrogen (secondary N) is 1. The highest BCUT2D eigenvalue weighted by molar-refractivity contribution is 9.10. The van der Waals surface area contributed by atoms with E-state index in [0.29, 0.717) is 41.0 Å². The van der Waals surface area contributed by atoms with Crippen LogP contribution in [0.2, 0.25) is 5.02 Å². The van der Waals surface area contributed by atoms with Gasteiger partial charge in [-0.15, -0.1) is 0 Å². The van der Waals surface area contributed by atoms with Crippen LogP contribution in [0.15, 0.2) is 101 Å². The summed E-state index contributed by atoms with van der Waals surface area (Å²) in [4.78, 5) is 12.9. The van der Waals surface area contributed by atoms with Crippen molar-refractivity contribution in [3.63, 3.8) is 0 Å². The molecule has 4 aromatic carbocycles. The van der Waals surface area contributed by atoms with E-state index in [4.69, 9.17) is 21.1 Å². The highest BCUT2D eigenvalue weighted by Gasteiger charge is 2.13. The number of aryl methyl sites for hydroxylation is 1. The van der Waals surface area contributed by atoms with Crippen LogP contribution in [0.3, 0.4) is 0 Å². The molecule has 0 saturated carbocycles. The highest BCUT2D eigenvalue weighted by Crippen LogP contribution is 2.27. The van der Waals surface area contributed by atoms with Crippen molar-refractivity contribution in [3.05, 3.63) is 128 Å². The predicted molar refractivity (Wildman–Crippen MR) is 154 cm³/mol. The summed E-state index contributed by atoms with van der Waals surface area (Å²) in [5, 5.41) is 12.9. The van der Waals surface area contributed by atoms with Gasteiger partial charge < -0.3 is 14.8 Å². The van der Waals surface area contributed by atoms with Crippen LogP contribution in [0.25, 0.3) is 6.08 Å². The molecule has 38 heavy (non-hydrogen) atoms. The van der Waals surface area contributed by atoms with E-state index >= 15 is 0 Å². The van der Waals surface area contributed by atoms with E-state index in [1.807, 2.05) is 61.5 Å². The molecule has 0 fully saturated rings. The second-order valence-electron chi connectivity index (χ2n) is 8.52. The number of ether oxygens (including phenoxy) is 2. The van der Waals surface area contributed by atoms with E-state index in [-0.39, 0.29) is 5.57 Å². The van der Waals surface area contributed by atoms with Crippen molar-refractivity contribution in [1.82, 2.24) is 0 Å². The molecule has 0 unspecified atom stereocenters. The molecule has 1 N–H and O–H groups in total. The maximum Gasteiger partial charge on any atom is 0.266 e. The first kappa shape index (κ1) is 27.0. The van der Waals surface area contributed by atoms with Crippen molar-refractivity contribution in [2.24, 2.45) is 0 Å². The monoisotopic (exact) mass is 586 g/mol. The Morgan fingerprint density at radius 2 is 1.68 bits per heavy atom. The Kier molecular flexibility index (Phi) is 9.21. The average molecular weight is 588 g/mol. The lowest BCUT2D eigenvalue weighted by Gasteiger charge is -2.11. The van der Waals surface area contributed by atoms with Gasteiger partial charge in [-0.25, -0.2) is 0 Å². The van der Waals surface area contributed by atoms with Crippen LogP contribution in [-0.2, 0) is 18.0 Å². The van der Waals surface area contributed by atoms with Crippen LogP contribution >= 0.6 is 27.5 Å². The highest BCUT2D eigenvalue weighted by atomic mass is 79.9. The molecule has 0 bridgehead atoms. The molecule has 0 spiro atoms. The molecule has 4 aromatic rings. The zero-order valence-electron chi connectivity index (χ0n) is 20.6. The summed E-state index contributed by atoms with van der Waals surface area (Å²) in [5.41, 5.74) is 4.18. The fourth-order valence-electron chi connectivity index (χ4n) is 3.61. The van der Waals surface area contributed by atoms with Gasteiger partial charge in [0.2, 0.25) is 0 Å². The van der Waals surface area contributed by atoms with Crippen molar-refractivity contribution in [1.29, 1.82) is 5.26 Å². The number of halogens is 2. The van der Waals surface area contributed by atoms with E-state index in [1.165, 1.54) is 6.08 Å². The first-order valence-electron chi connectivity index (χ1n) is 11.8. The summed E-state index contributed by atoms with van der Waals surface area (Å²) in [7, 11) is 0. The molecule has 0 saturated heterocycles. The van der Waals surface area contributed by atoms with Crippen molar-refractivity contribution in [2.75, 3.05) is 5.32 Å². The van der Waals surface area contributed by atoms with E-state index in [9.17, 15) is 10.1 Å². The second kappa shape index (κ2) is 13.0. The Morgan fingerprint density at radius 3 is 2.39 bits per heavy atom. The van der Waals surface area contributed by atoms with Crippen LogP contribution in [0.5, 0.6) is 11.5 Å². The van der Waals surface area contributed by atoms with E-state index in [0.717, 1.165) is 21.2 Å². The van der Waals surface area contributed by atoms with Crippen LogP contribution in [0.4, 0.5) is 5.69 Å². The lowest BCUT2D eigenvalue weighted by molar-refractivity contribution is -0.112. The van der Waals surface area contributed by atoms with Gasteiger partial charge in [0, 0.05) is 20.7 Å². The fourth-order valence-corrected chi connectivity index (χ4v) is 4.06. The smallest absolute Gasteiger partial charge is 0.266 e. The van der Waals surface area contributed by atoms with Crippen LogP contribution in [0, 0.1) is 18.3 Å². The van der Waals surface area contributed by atoms with E-state index < -0.39 is 5.91 Å². The van der Waals surface area contributed by atoms with E-state index in [1.54, 1.807) is 42.5 Å². The number of rotatable bonds is 9. The topological polar surface area (TPSA) is 71.3 Å². The van der Waals surface area contributed by atoms with Crippen LogP contribution in [-0.4, -0.2) is 5.91 Å². The Hall–Kier alpha value is -4.05. The molecule has 0 radical (unpaired) electrons.